The maximum atomic E-state index is 5.55. The zero-order valence-corrected chi connectivity index (χ0v) is 6.98. The Morgan fingerprint density at radius 1 is 1.25 bits per heavy atom. The Hall–Kier alpha value is -1.13. The SMILES string of the molecule is Nn1nnnc1C1CCCCC1. The van der Waals surface area contributed by atoms with E-state index >= 15 is 0 Å². The predicted octanol–water partition coefficient (Wildman–Crippen LogP) is 0.435. The summed E-state index contributed by atoms with van der Waals surface area (Å²) in [6, 6.07) is 0. The van der Waals surface area contributed by atoms with Crippen molar-refractivity contribution in [3.05, 3.63) is 5.82 Å². The molecule has 1 aromatic rings. The summed E-state index contributed by atoms with van der Waals surface area (Å²) in [5, 5.41) is 11.1. The Morgan fingerprint density at radius 2 is 2.00 bits per heavy atom. The van der Waals surface area contributed by atoms with Crippen molar-refractivity contribution >= 4 is 0 Å². The van der Waals surface area contributed by atoms with E-state index in [-0.39, 0.29) is 0 Å². The minimum atomic E-state index is 0.485. The summed E-state index contributed by atoms with van der Waals surface area (Å²) < 4.78 is 0. The van der Waals surface area contributed by atoms with E-state index in [1.165, 1.54) is 36.9 Å². The molecule has 1 fully saturated rings. The van der Waals surface area contributed by atoms with Crippen molar-refractivity contribution in [3.8, 4) is 0 Å². The van der Waals surface area contributed by atoms with E-state index in [9.17, 15) is 0 Å². The smallest absolute Gasteiger partial charge is 0.177 e. The molecule has 66 valence electrons. The van der Waals surface area contributed by atoms with Gasteiger partial charge in [-0.05, 0) is 23.3 Å². The second-order valence-electron chi connectivity index (χ2n) is 3.32. The van der Waals surface area contributed by atoms with Gasteiger partial charge in [-0.3, -0.25) is 0 Å². The molecule has 2 rings (SSSR count). The quantitative estimate of drug-likeness (QED) is 0.616. The monoisotopic (exact) mass is 167 g/mol. The van der Waals surface area contributed by atoms with Crippen LogP contribution in [0.2, 0.25) is 0 Å². The van der Waals surface area contributed by atoms with Crippen LogP contribution in [0.3, 0.4) is 0 Å². The molecule has 1 aromatic heterocycles. The molecule has 0 aliphatic heterocycles. The lowest BCUT2D eigenvalue weighted by Gasteiger charge is -2.18. The van der Waals surface area contributed by atoms with Gasteiger partial charge in [0.1, 0.15) is 0 Å². The van der Waals surface area contributed by atoms with Gasteiger partial charge in [-0.25, -0.2) is 0 Å². The second-order valence-corrected chi connectivity index (χ2v) is 3.32. The first-order valence-electron chi connectivity index (χ1n) is 4.41. The van der Waals surface area contributed by atoms with Crippen LogP contribution < -0.4 is 5.84 Å². The Bertz CT molecular complexity index is 250. The zero-order valence-electron chi connectivity index (χ0n) is 6.98. The first-order chi connectivity index (χ1) is 5.88. The number of aromatic nitrogens is 4. The Labute approximate surface area is 70.9 Å². The van der Waals surface area contributed by atoms with Crippen molar-refractivity contribution in [1.82, 2.24) is 20.3 Å². The van der Waals surface area contributed by atoms with E-state index in [2.05, 4.69) is 15.5 Å². The molecule has 5 heteroatoms. The van der Waals surface area contributed by atoms with E-state index in [0.29, 0.717) is 5.92 Å². The lowest BCUT2D eigenvalue weighted by Crippen LogP contribution is -2.18. The fourth-order valence-electron chi connectivity index (χ4n) is 1.83. The van der Waals surface area contributed by atoms with E-state index in [1.54, 1.807) is 0 Å². The molecule has 0 radical (unpaired) electrons. The summed E-state index contributed by atoms with van der Waals surface area (Å²) in [6.07, 6.45) is 6.24. The highest BCUT2D eigenvalue weighted by Crippen LogP contribution is 2.30. The molecule has 0 spiro atoms. The van der Waals surface area contributed by atoms with Gasteiger partial charge in [0.15, 0.2) is 5.82 Å². The molecule has 2 N–H and O–H groups in total. The molecular weight excluding hydrogens is 154 g/mol. The third kappa shape index (κ3) is 1.26. The van der Waals surface area contributed by atoms with Crippen molar-refractivity contribution in [3.63, 3.8) is 0 Å². The Kier molecular flexibility index (Phi) is 1.93. The minimum Gasteiger partial charge on any atom is -0.320 e. The van der Waals surface area contributed by atoms with Gasteiger partial charge < -0.3 is 5.84 Å². The van der Waals surface area contributed by atoms with Crippen molar-refractivity contribution < 1.29 is 0 Å². The molecular formula is C7H13N5. The van der Waals surface area contributed by atoms with E-state index < -0.39 is 0 Å². The van der Waals surface area contributed by atoms with Gasteiger partial charge in [0.2, 0.25) is 0 Å². The molecule has 1 aliphatic carbocycles. The molecule has 0 unspecified atom stereocenters. The first-order valence-corrected chi connectivity index (χ1v) is 4.41. The molecule has 12 heavy (non-hydrogen) atoms. The van der Waals surface area contributed by atoms with Crippen LogP contribution in [0.1, 0.15) is 43.8 Å². The summed E-state index contributed by atoms with van der Waals surface area (Å²) in [7, 11) is 0. The van der Waals surface area contributed by atoms with E-state index in [1.807, 2.05) is 0 Å². The normalized spacial score (nSPS) is 19.7. The van der Waals surface area contributed by atoms with Crippen LogP contribution in [0.25, 0.3) is 0 Å². The average Bonchev–Trinajstić information content (AvgIpc) is 2.53. The third-order valence-corrected chi connectivity index (χ3v) is 2.49. The van der Waals surface area contributed by atoms with Gasteiger partial charge in [-0.1, -0.05) is 19.3 Å². The second kappa shape index (κ2) is 3.08. The maximum absolute atomic E-state index is 5.55. The van der Waals surface area contributed by atoms with Crippen LogP contribution in [-0.4, -0.2) is 20.3 Å². The van der Waals surface area contributed by atoms with Crippen LogP contribution in [-0.2, 0) is 0 Å². The summed E-state index contributed by atoms with van der Waals surface area (Å²) in [4.78, 5) is 1.30. The Balaban J connectivity index is 2.13. The lowest BCUT2D eigenvalue weighted by atomic mass is 9.89. The number of tetrazole rings is 1. The fraction of sp³-hybridized carbons (Fsp3) is 0.857. The number of rotatable bonds is 1. The molecule has 0 atom stereocenters. The van der Waals surface area contributed by atoms with Crippen molar-refractivity contribution in [2.75, 3.05) is 5.84 Å². The van der Waals surface area contributed by atoms with Crippen LogP contribution in [0.5, 0.6) is 0 Å². The predicted molar refractivity (Wildman–Crippen MR) is 43.8 cm³/mol. The van der Waals surface area contributed by atoms with Crippen molar-refractivity contribution in [2.45, 2.75) is 38.0 Å². The highest BCUT2D eigenvalue weighted by molar-refractivity contribution is 4.94. The van der Waals surface area contributed by atoms with Gasteiger partial charge in [0.05, 0.1) is 0 Å². The van der Waals surface area contributed by atoms with Gasteiger partial charge in [0, 0.05) is 5.92 Å². The molecule has 0 aromatic carbocycles. The summed E-state index contributed by atoms with van der Waals surface area (Å²) >= 11 is 0. The van der Waals surface area contributed by atoms with Crippen LogP contribution in [0.15, 0.2) is 0 Å². The highest BCUT2D eigenvalue weighted by atomic mass is 15.6. The lowest BCUT2D eigenvalue weighted by molar-refractivity contribution is 0.420. The number of nitrogen functional groups attached to an aromatic ring is 1. The number of nitrogens with zero attached hydrogens (tertiary/aromatic N) is 4. The molecule has 1 heterocycles. The summed E-state index contributed by atoms with van der Waals surface area (Å²) in [5.74, 6) is 6.88. The topological polar surface area (TPSA) is 69.6 Å². The highest BCUT2D eigenvalue weighted by Gasteiger charge is 2.20. The van der Waals surface area contributed by atoms with Crippen LogP contribution >= 0.6 is 0 Å². The van der Waals surface area contributed by atoms with Gasteiger partial charge in [-0.2, -0.15) is 0 Å². The summed E-state index contributed by atoms with van der Waals surface area (Å²) in [5.41, 5.74) is 0. The number of hydrogen-bond acceptors (Lipinski definition) is 4. The largest absolute Gasteiger partial charge is 0.320 e. The maximum Gasteiger partial charge on any atom is 0.177 e. The molecule has 0 bridgehead atoms. The van der Waals surface area contributed by atoms with Crippen molar-refractivity contribution in [1.29, 1.82) is 0 Å². The van der Waals surface area contributed by atoms with Crippen LogP contribution in [0.4, 0.5) is 0 Å². The molecule has 1 saturated carbocycles. The molecule has 0 saturated heterocycles. The Morgan fingerprint density at radius 3 is 2.58 bits per heavy atom. The van der Waals surface area contributed by atoms with E-state index in [4.69, 9.17) is 5.84 Å². The third-order valence-electron chi connectivity index (χ3n) is 2.49. The van der Waals surface area contributed by atoms with E-state index in [0.717, 1.165) is 5.82 Å². The average molecular weight is 167 g/mol. The number of nitrogens with two attached hydrogens (primary N) is 1. The standard InChI is InChI=1S/C7H13N5/c8-12-7(9-10-11-12)6-4-2-1-3-5-6/h6H,1-5,8H2. The van der Waals surface area contributed by atoms with Gasteiger partial charge in [-0.15, -0.1) is 9.89 Å². The number of hydrogen-bond donors (Lipinski definition) is 1. The minimum absolute atomic E-state index is 0.485. The molecule has 1 aliphatic rings. The molecule has 0 amide bonds. The zero-order chi connectivity index (χ0) is 8.39. The van der Waals surface area contributed by atoms with Crippen molar-refractivity contribution in [2.24, 2.45) is 0 Å². The van der Waals surface area contributed by atoms with Crippen LogP contribution in [0, 0.1) is 0 Å². The summed E-state index contributed by atoms with van der Waals surface area (Å²) in [6.45, 7) is 0. The molecule has 5 nitrogen and oxygen atoms in total. The first kappa shape index (κ1) is 7.52. The van der Waals surface area contributed by atoms with Gasteiger partial charge in [0.25, 0.3) is 0 Å². The van der Waals surface area contributed by atoms with Gasteiger partial charge >= 0.3 is 0 Å². The fourth-order valence-corrected chi connectivity index (χ4v) is 1.83.